The van der Waals surface area contributed by atoms with Crippen LogP contribution in [0.2, 0.25) is 0 Å². The van der Waals surface area contributed by atoms with Gasteiger partial charge in [0.25, 0.3) is 11.5 Å². The van der Waals surface area contributed by atoms with Crippen LogP contribution in [0.1, 0.15) is 34.8 Å². The zero-order valence-corrected chi connectivity index (χ0v) is 16.3. The summed E-state index contributed by atoms with van der Waals surface area (Å²) in [5, 5.41) is 8.07. The van der Waals surface area contributed by atoms with Gasteiger partial charge in [-0.05, 0) is 36.2 Å². The van der Waals surface area contributed by atoms with Gasteiger partial charge in [0.05, 0.1) is 10.9 Å². The summed E-state index contributed by atoms with van der Waals surface area (Å²) in [5.41, 5.74) is 5.94. The van der Waals surface area contributed by atoms with Crippen molar-refractivity contribution in [3.8, 4) is 5.75 Å². The predicted octanol–water partition coefficient (Wildman–Crippen LogP) is 1.15. The lowest BCUT2D eigenvalue weighted by Gasteiger charge is -2.31. The Morgan fingerprint density at radius 3 is 2.90 bits per heavy atom. The molecular formula is C21H18FN5O4. The van der Waals surface area contributed by atoms with Gasteiger partial charge in [-0.2, -0.15) is 4.68 Å². The quantitative estimate of drug-likeness (QED) is 0.672. The Balaban J connectivity index is 1.58. The second-order valence-corrected chi connectivity index (χ2v) is 7.67. The van der Waals surface area contributed by atoms with Gasteiger partial charge in [0.15, 0.2) is 6.23 Å². The SMILES string of the molecule is NC(=O)[C@H](Cc1cccc(F)c1)n1nnc2cc3c(cc2c1=O)O[C@@H]1CCCN1C3=O. The highest BCUT2D eigenvalue weighted by Gasteiger charge is 2.37. The average molecular weight is 423 g/mol. The van der Waals surface area contributed by atoms with Gasteiger partial charge >= 0.3 is 0 Å². The van der Waals surface area contributed by atoms with Crippen molar-refractivity contribution in [2.75, 3.05) is 6.54 Å². The van der Waals surface area contributed by atoms with E-state index in [2.05, 4.69) is 10.3 Å². The highest BCUT2D eigenvalue weighted by Crippen LogP contribution is 2.34. The number of aromatic nitrogens is 3. The van der Waals surface area contributed by atoms with Crippen LogP contribution in [0.25, 0.3) is 10.9 Å². The summed E-state index contributed by atoms with van der Waals surface area (Å²) in [4.78, 5) is 39.7. The number of rotatable bonds is 4. The number of amides is 2. The van der Waals surface area contributed by atoms with Crippen molar-refractivity contribution in [3.63, 3.8) is 0 Å². The number of hydrogen-bond acceptors (Lipinski definition) is 6. The molecule has 5 rings (SSSR count). The largest absolute Gasteiger partial charge is 0.470 e. The van der Waals surface area contributed by atoms with Gasteiger partial charge in [0.2, 0.25) is 5.91 Å². The van der Waals surface area contributed by atoms with Crippen molar-refractivity contribution in [1.82, 2.24) is 19.9 Å². The lowest BCUT2D eigenvalue weighted by Crippen LogP contribution is -2.43. The topological polar surface area (TPSA) is 120 Å². The second kappa shape index (κ2) is 7.15. The zero-order chi connectivity index (χ0) is 21.7. The molecule has 158 valence electrons. The molecule has 0 unspecified atom stereocenters. The van der Waals surface area contributed by atoms with Crippen LogP contribution in [0, 0.1) is 5.82 Å². The monoisotopic (exact) mass is 423 g/mol. The number of fused-ring (bicyclic) bond motifs is 3. The van der Waals surface area contributed by atoms with Crippen LogP contribution >= 0.6 is 0 Å². The van der Waals surface area contributed by atoms with E-state index < -0.39 is 23.3 Å². The van der Waals surface area contributed by atoms with Gasteiger partial charge in [-0.1, -0.05) is 17.3 Å². The number of ether oxygens (including phenoxy) is 1. The van der Waals surface area contributed by atoms with Crippen LogP contribution < -0.4 is 16.0 Å². The third-order valence-electron chi connectivity index (χ3n) is 5.68. The Bertz CT molecular complexity index is 1290. The molecule has 31 heavy (non-hydrogen) atoms. The molecule has 3 aromatic rings. The Morgan fingerprint density at radius 1 is 1.29 bits per heavy atom. The summed E-state index contributed by atoms with van der Waals surface area (Å²) in [6.07, 6.45) is 1.20. The highest BCUT2D eigenvalue weighted by molar-refractivity contribution is 6.01. The lowest BCUT2D eigenvalue weighted by atomic mass is 10.0. The summed E-state index contributed by atoms with van der Waals surface area (Å²) >= 11 is 0. The lowest BCUT2D eigenvalue weighted by molar-refractivity contribution is -0.121. The molecule has 2 amide bonds. The minimum absolute atomic E-state index is 0.0237. The van der Waals surface area contributed by atoms with Crippen molar-refractivity contribution in [1.29, 1.82) is 0 Å². The number of nitrogens with zero attached hydrogens (tertiary/aromatic N) is 4. The van der Waals surface area contributed by atoms with E-state index in [1.807, 2.05) is 0 Å². The molecule has 2 aliphatic heterocycles. The molecule has 2 aromatic carbocycles. The first-order valence-corrected chi connectivity index (χ1v) is 9.87. The van der Waals surface area contributed by atoms with E-state index >= 15 is 0 Å². The summed E-state index contributed by atoms with van der Waals surface area (Å²) in [6, 6.07) is 7.46. The molecular weight excluding hydrogens is 405 g/mol. The average Bonchev–Trinajstić information content (AvgIpc) is 3.21. The number of primary amides is 1. The van der Waals surface area contributed by atoms with Crippen molar-refractivity contribution in [2.45, 2.75) is 31.5 Å². The first kappa shape index (κ1) is 19.2. The Labute approximate surface area is 175 Å². The Morgan fingerprint density at radius 2 is 2.13 bits per heavy atom. The molecule has 2 N–H and O–H groups in total. The number of carbonyl (C=O) groups is 2. The fraction of sp³-hybridized carbons (Fsp3) is 0.286. The molecule has 3 heterocycles. The fourth-order valence-corrected chi connectivity index (χ4v) is 4.14. The third-order valence-corrected chi connectivity index (χ3v) is 5.68. The highest BCUT2D eigenvalue weighted by atomic mass is 19.1. The third kappa shape index (κ3) is 3.20. The maximum atomic E-state index is 13.5. The van der Waals surface area contributed by atoms with Gasteiger partial charge in [0.1, 0.15) is 23.1 Å². The summed E-state index contributed by atoms with van der Waals surface area (Å²) in [5.74, 6) is -1.13. The van der Waals surface area contributed by atoms with Gasteiger partial charge in [-0.25, -0.2) is 4.39 Å². The van der Waals surface area contributed by atoms with Crippen LogP contribution in [0.3, 0.4) is 0 Å². The van der Waals surface area contributed by atoms with Crippen molar-refractivity contribution in [3.05, 3.63) is 63.7 Å². The Hall–Kier alpha value is -3.82. The van der Waals surface area contributed by atoms with E-state index in [0.29, 0.717) is 23.4 Å². The van der Waals surface area contributed by atoms with Crippen LogP contribution in [0.4, 0.5) is 4.39 Å². The van der Waals surface area contributed by atoms with Crippen molar-refractivity contribution < 1.29 is 18.7 Å². The molecule has 0 radical (unpaired) electrons. The molecule has 1 fully saturated rings. The summed E-state index contributed by atoms with van der Waals surface area (Å²) in [6.45, 7) is 0.620. The van der Waals surface area contributed by atoms with Crippen LogP contribution in [0.5, 0.6) is 5.75 Å². The molecule has 0 spiro atoms. The molecule has 0 bridgehead atoms. The van der Waals surface area contributed by atoms with Crippen molar-refractivity contribution in [2.24, 2.45) is 5.73 Å². The molecule has 0 aliphatic carbocycles. The second-order valence-electron chi connectivity index (χ2n) is 7.67. The number of nitrogens with two attached hydrogens (primary N) is 1. The van der Waals surface area contributed by atoms with Crippen LogP contribution in [-0.4, -0.2) is 44.5 Å². The van der Waals surface area contributed by atoms with Crippen LogP contribution in [0.15, 0.2) is 41.2 Å². The van der Waals surface area contributed by atoms with Crippen LogP contribution in [-0.2, 0) is 11.2 Å². The summed E-state index contributed by atoms with van der Waals surface area (Å²) < 4.78 is 20.4. The zero-order valence-electron chi connectivity index (χ0n) is 16.3. The first-order valence-electron chi connectivity index (χ1n) is 9.87. The van der Waals surface area contributed by atoms with E-state index in [1.54, 1.807) is 11.0 Å². The van der Waals surface area contributed by atoms with Gasteiger partial charge in [0, 0.05) is 19.4 Å². The number of benzene rings is 2. The van der Waals surface area contributed by atoms with Gasteiger partial charge in [-0.3, -0.25) is 14.4 Å². The minimum atomic E-state index is -1.16. The fourth-order valence-electron chi connectivity index (χ4n) is 4.14. The smallest absolute Gasteiger partial charge is 0.278 e. The standard InChI is InChI=1S/C21H18FN5O4/c22-12-4-1-3-11(7-12)8-16(19(23)28)27-21(30)13-10-17-14(9-15(13)24-25-27)20(29)26-6-2-5-18(26)31-17/h1,3-4,7,9-10,16,18H,2,5-6,8H2,(H2,23,28)/t16-,18+/m0/s1. The molecule has 9 nitrogen and oxygen atoms in total. The van der Waals surface area contributed by atoms with E-state index in [4.69, 9.17) is 10.5 Å². The molecule has 1 aromatic heterocycles. The van der Waals surface area contributed by atoms with E-state index in [-0.39, 0.29) is 29.5 Å². The van der Waals surface area contributed by atoms with Gasteiger partial charge in [-0.15, -0.1) is 5.10 Å². The molecule has 10 heteroatoms. The maximum Gasteiger partial charge on any atom is 0.278 e. The van der Waals surface area contributed by atoms with E-state index in [0.717, 1.165) is 17.5 Å². The summed E-state index contributed by atoms with van der Waals surface area (Å²) in [7, 11) is 0. The normalized spacial score (nSPS) is 18.4. The van der Waals surface area contributed by atoms with Crippen molar-refractivity contribution >= 4 is 22.7 Å². The number of hydrogen-bond donors (Lipinski definition) is 1. The predicted molar refractivity (Wildman–Crippen MR) is 107 cm³/mol. The minimum Gasteiger partial charge on any atom is -0.470 e. The molecule has 1 saturated heterocycles. The number of halogens is 1. The van der Waals surface area contributed by atoms with E-state index in [9.17, 15) is 18.8 Å². The first-order chi connectivity index (χ1) is 14.9. The molecule has 0 saturated carbocycles. The maximum absolute atomic E-state index is 13.5. The van der Waals surface area contributed by atoms with E-state index in [1.165, 1.54) is 30.3 Å². The molecule has 2 atom stereocenters. The molecule has 2 aliphatic rings. The Kier molecular flexibility index (Phi) is 4.42. The number of carbonyl (C=O) groups excluding carboxylic acids is 2. The van der Waals surface area contributed by atoms with Gasteiger partial charge < -0.3 is 15.4 Å².